The number of carbonyl (C=O) groups is 2. The zero-order chi connectivity index (χ0) is 15.5. The van der Waals surface area contributed by atoms with E-state index >= 15 is 0 Å². The lowest BCUT2D eigenvalue weighted by Gasteiger charge is -2.32. The molecule has 0 aromatic rings. The molecule has 120 valence electrons. The number of hydrogen-bond acceptors (Lipinski definition) is 2. The summed E-state index contributed by atoms with van der Waals surface area (Å²) in [4.78, 5) is 26.4. The summed E-state index contributed by atoms with van der Waals surface area (Å²) >= 11 is 0. The van der Waals surface area contributed by atoms with E-state index in [1.807, 2.05) is 25.7 Å². The molecule has 2 amide bonds. The number of nitrogens with one attached hydrogen (secondary N) is 1. The van der Waals surface area contributed by atoms with Crippen LogP contribution in [0.5, 0.6) is 0 Å². The SMILES string of the molecule is CC(C)(C)N1CC(C(=O)NC2CCCCCCC2)CC1=O. The van der Waals surface area contributed by atoms with E-state index < -0.39 is 0 Å². The van der Waals surface area contributed by atoms with Crippen LogP contribution in [0, 0.1) is 5.92 Å². The molecule has 0 aromatic heterocycles. The Morgan fingerprint density at radius 1 is 1.10 bits per heavy atom. The molecule has 4 nitrogen and oxygen atoms in total. The van der Waals surface area contributed by atoms with Gasteiger partial charge in [-0.2, -0.15) is 0 Å². The lowest BCUT2D eigenvalue weighted by Crippen LogP contribution is -2.44. The van der Waals surface area contributed by atoms with Gasteiger partial charge in [0.05, 0.1) is 5.92 Å². The van der Waals surface area contributed by atoms with Gasteiger partial charge in [0.15, 0.2) is 0 Å². The van der Waals surface area contributed by atoms with Crippen molar-refractivity contribution in [2.45, 2.75) is 83.7 Å². The molecule has 1 aliphatic heterocycles. The highest BCUT2D eigenvalue weighted by Crippen LogP contribution is 2.26. The zero-order valence-electron chi connectivity index (χ0n) is 13.8. The maximum absolute atomic E-state index is 12.4. The highest BCUT2D eigenvalue weighted by atomic mass is 16.2. The van der Waals surface area contributed by atoms with Crippen molar-refractivity contribution in [3.63, 3.8) is 0 Å². The van der Waals surface area contributed by atoms with Crippen molar-refractivity contribution in [2.24, 2.45) is 5.92 Å². The van der Waals surface area contributed by atoms with Crippen LogP contribution in [0.2, 0.25) is 0 Å². The summed E-state index contributed by atoms with van der Waals surface area (Å²) in [7, 11) is 0. The molecule has 2 rings (SSSR count). The third kappa shape index (κ3) is 4.45. The summed E-state index contributed by atoms with van der Waals surface area (Å²) in [5.41, 5.74) is -0.188. The number of rotatable bonds is 2. The molecule has 1 aliphatic carbocycles. The number of nitrogens with zero attached hydrogens (tertiary/aromatic N) is 1. The third-order valence-electron chi connectivity index (χ3n) is 4.76. The van der Waals surface area contributed by atoms with E-state index in [9.17, 15) is 9.59 Å². The Hall–Kier alpha value is -1.06. The molecule has 1 saturated heterocycles. The highest BCUT2D eigenvalue weighted by molar-refractivity contribution is 5.89. The Kier molecular flexibility index (Phi) is 5.28. The fraction of sp³-hybridized carbons (Fsp3) is 0.882. The first-order chi connectivity index (χ1) is 9.88. The third-order valence-corrected chi connectivity index (χ3v) is 4.76. The predicted molar refractivity (Wildman–Crippen MR) is 83.8 cm³/mol. The van der Waals surface area contributed by atoms with Crippen LogP contribution >= 0.6 is 0 Å². The van der Waals surface area contributed by atoms with Gasteiger partial charge in [0.25, 0.3) is 0 Å². The Balaban J connectivity index is 1.87. The summed E-state index contributed by atoms with van der Waals surface area (Å²) in [6, 6.07) is 0.316. The molecule has 2 fully saturated rings. The minimum absolute atomic E-state index is 0.0840. The van der Waals surface area contributed by atoms with Gasteiger partial charge in [0.2, 0.25) is 11.8 Å². The molecule has 1 atom stereocenters. The van der Waals surface area contributed by atoms with Crippen LogP contribution in [0.25, 0.3) is 0 Å². The number of likely N-dealkylation sites (tertiary alicyclic amines) is 1. The molecule has 4 heteroatoms. The summed E-state index contributed by atoms with van der Waals surface area (Å²) in [6.45, 7) is 6.65. The van der Waals surface area contributed by atoms with Gasteiger partial charge in [0.1, 0.15) is 0 Å². The monoisotopic (exact) mass is 294 g/mol. The van der Waals surface area contributed by atoms with Crippen molar-refractivity contribution in [1.82, 2.24) is 10.2 Å². The average molecular weight is 294 g/mol. The fourth-order valence-electron chi connectivity index (χ4n) is 3.45. The van der Waals surface area contributed by atoms with Gasteiger partial charge in [-0.3, -0.25) is 9.59 Å². The number of hydrogen-bond donors (Lipinski definition) is 1. The fourth-order valence-corrected chi connectivity index (χ4v) is 3.45. The summed E-state index contributed by atoms with van der Waals surface area (Å²) in [5, 5.41) is 3.20. The van der Waals surface area contributed by atoms with E-state index in [1.165, 1.54) is 32.1 Å². The second-order valence-corrected chi connectivity index (χ2v) is 7.63. The Morgan fingerprint density at radius 2 is 1.67 bits per heavy atom. The van der Waals surface area contributed by atoms with Gasteiger partial charge in [-0.15, -0.1) is 0 Å². The van der Waals surface area contributed by atoms with Crippen molar-refractivity contribution in [1.29, 1.82) is 0 Å². The Bertz CT molecular complexity index is 379. The smallest absolute Gasteiger partial charge is 0.225 e. The van der Waals surface area contributed by atoms with Gasteiger partial charge in [-0.05, 0) is 33.6 Å². The van der Waals surface area contributed by atoms with E-state index in [4.69, 9.17) is 0 Å². The van der Waals surface area contributed by atoms with Crippen LogP contribution < -0.4 is 5.32 Å². The van der Waals surface area contributed by atoms with Gasteiger partial charge in [-0.25, -0.2) is 0 Å². The Morgan fingerprint density at radius 3 is 2.19 bits per heavy atom. The topological polar surface area (TPSA) is 49.4 Å². The summed E-state index contributed by atoms with van der Waals surface area (Å²) in [5.74, 6) is 0.0307. The van der Waals surface area contributed by atoms with Crippen molar-refractivity contribution in [2.75, 3.05) is 6.54 Å². The van der Waals surface area contributed by atoms with Crippen LogP contribution in [0.15, 0.2) is 0 Å². The van der Waals surface area contributed by atoms with Crippen LogP contribution in [0.4, 0.5) is 0 Å². The molecule has 0 radical (unpaired) electrons. The zero-order valence-corrected chi connectivity index (χ0v) is 13.8. The van der Waals surface area contributed by atoms with Gasteiger partial charge in [-0.1, -0.05) is 32.1 Å². The van der Waals surface area contributed by atoms with Gasteiger partial charge >= 0.3 is 0 Å². The molecular formula is C17H30N2O2. The van der Waals surface area contributed by atoms with Crippen molar-refractivity contribution in [3.05, 3.63) is 0 Å². The molecule has 0 aromatic carbocycles. The molecule has 0 bridgehead atoms. The molecule has 1 saturated carbocycles. The van der Waals surface area contributed by atoms with Crippen molar-refractivity contribution < 1.29 is 9.59 Å². The van der Waals surface area contributed by atoms with Gasteiger partial charge < -0.3 is 10.2 Å². The number of carbonyl (C=O) groups excluding carboxylic acids is 2. The van der Waals surface area contributed by atoms with Crippen molar-refractivity contribution in [3.8, 4) is 0 Å². The first-order valence-corrected chi connectivity index (χ1v) is 8.49. The van der Waals surface area contributed by atoms with E-state index in [1.54, 1.807) is 0 Å². The lowest BCUT2D eigenvalue weighted by molar-refractivity contribution is -0.132. The Labute approximate surface area is 128 Å². The average Bonchev–Trinajstić information content (AvgIpc) is 2.74. The molecule has 21 heavy (non-hydrogen) atoms. The van der Waals surface area contributed by atoms with Crippen LogP contribution in [0.1, 0.15) is 72.1 Å². The van der Waals surface area contributed by atoms with Crippen molar-refractivity contribution >= 4 is 11.8 Å². The maximum atomic E-state index is 12.4. The summed E-state index contributed by atoms with van der Waals surface area (Å²) in [6.07, 6.45) is 8.88. The van der Waals surface area contributed by atoms with Crippen LogP contribution in [-0.4, -0.2) is 34.8 Å². The number of amides is 2. The van der Waals surface area contributed by atoms with E-state index in [2.05, 4.69) is 5.32 Å². The minimum Gasteiger partial charge on any atom is -0.353 e. The molecule has 1 N–H and O–H groups in total. The van der Waals surface area contributed by atoms with E-state index in [0.29, 0.717) is 19.0 Å². The maximum Gasteiger partial charge on any atom is 0.225 e. The van der Waals surface area contributed by atoms with Crippen LogP contribution in [-0.2, 0) is 9.59 Å². The highest BCUT2D eigenvalue weighted by Gasteiger charge is 2.39. The first kappa shape index (κ1) is 16.3. The molecule has 1 unspecified atom stereocenters. The summed E-state index contributed by atoms with van der Waals surface area (Å²) < 4.78 is 0. The lowest BCUT2D eigenvalue weighted by atomic mass is 9.96. The largest absolute Gasteiger partial charge is 0.353 e. The molecule has 1 heterocycles. The van der Waals surface area contributed by atoms with E-state index in [0.717, 1.165) is 12.8 Å². The standard InChI is InChI=1S/C17H30N2O2/c1-17(2,3)19-12-13(11-15(19)20)16(21)18-14-9-7-5-4-6-8-10-14/h13-14H,4-12H2,1-3H3,(H,18,21). The predicted octanol–water partition coefficient (Wildman–Crippen LogP) is 2.86. The second-order valence-electron chi connectivity index (χ2n) is 7.63. The normalized spacial score (nSPS) is 25.6. The second kappa shape index (κ2) is 6.80. The minimum atomic E-state index is -0.188. The van der Waals surface area contributed by atoms with Gasteiger partial charge in [0, 0.05) is 24.5 Å². The molecule has 0 spiro atoms. The molecule has 2 aliphatic rings. The quantitative estimate of drug-likeness (QED) is 0.851. The first-order valence-electron chi connectivity index (χ1n) is 8.49. The molecular weight excluding hydrogens is 264 g/mol. The van der Waals surface area contributed by atoms with Crippen LogP contribution in [0.3, 0.4) is 0 Å². The van der Waals surface area contributed by atoms with E-state index in [-0.39, 0.29) is 23.3 Å².